The summed E-state index contributed by atoms with van der Waals surface area (Å²) in [5.74, 6) is 0.610. The molecule has 136 valence electrons. The van der Waals surface area contributed by atoms with E-state index in [4.69, 9.17) is 5.73 Å². The number of nitrogens with zero attached hydrogens (tertiary/aromatic N) is 4. The van der Waals surface area contributed by atoms with Gasteiger partial charge in [0.2, 0.25) is 5.95 Å². The van der Waals surface area contributed by atoms with Crippen molar-refractivity contribution < 1.29 is 4.39 Å². The lowest BCUT2D eigenvalue weighted by atomic mass is 9.84. The zero-order chi connectivity index (χ0) is 18.7. The highest BCUT2D eigenvalue weighted by Crippen LogP contribution is 2.25. The standard InChI is InChI=1S/C19H23FN6/c1-4-26-11-13(10-23-26)16-9-17(25-18(21)24-16)22-12-19(2,3)14-5-7-15(20)8-6-14/h5-11H,4,12H2,1-3H3,(H3,21,22,24,25). The number of halogens is 1. The summed E-state index contributed by atoms with van der Waals surface area (Å²) in [7, 11) is 0. The Morgan fingerprint density at radius 3 is 2.58 bits per heavy atom. The van der Waals surface area contributed by atoms with Crippen molar-refractivity contribution in [1.82, 2.24) is 19.7 Å². The van der Waals surface area contributed by atoms with E-state index in [0.29, 0.717) is 12.4 Å². The predicted octanol–water partition coefficient (Wildman–Crippen LogP) is 3.47. The Labute approximate surface area is 152 Å². The van der Waals surface area contributed by atoms with Crippen molar-refractivity contribution in [3.05, 3.63) is 54.1 Å². The Kier molecular flexibility index (Phi) is 4.88. The highest BCUT2D eigenvalue weighted by Gasteiger charge is 2.21. The van der Waals surface area contributed by atoms with Crippen molar-refractivity contribution in [2.45, 2.75) is 32.7 Å². The largest absolute Gasteiger partial charge is 0.369 e. The lowest BCUT2D eigenvalue weighted by Gasteiger charge is -2.26. The monoisotopic (exact) mass is 354 g/mol. The molecule has 0 saturated heterocycles. The number of benzene rings is 1. The van der Waals surface area contributed by atoms with Crippen LogP contribution in [-0.4, -0.2) is 26.3 Å². The molecule has 0 atom stereocenters. The van der Waals surface area contributed by atoms with Crippen LogP contribution in [-0.2, 0) is 12.0 Å². The molecule has 0 aliphatic rings. The molecule has 2 heterocycles. The minimum Gasteiger partial charge on any atom is -0.369 e. The van der Waals surface area contributed by atoms with E-state index in [2.05, 4.69) is 34.2 Å². The van der Waals surface area contributed by atoms with Crippen molar-refractivity contribution in [1.29, 1.82) is 0 Å². The third-order valence-electron chi connectivity index (χ3n) is 4.33. The van der Waals surface area contributed by atoms with Crippen LogP contribution in [0, 0.1) is 5.82 Å². The molecule has 0 spiro atoms. The van der Waals surface area contributed by atoms with Gasteiger partial charge in [0.1, 0.15) is 11.6 Å². The zero-order valence-corrected chi connectivity index (χ0v) is 15.2. The van der Waals surface area contributed by atoms with Crippen molar-refractivity contribution >= 4 is 11.8 Å². The Morgan fingerprint density at radius 2 is 1.92 bits per heavy atom. The molecular formula is C19H23FN6. The van der Waals surface area contributed by atoms with Gasteiger partial charge in [-0.2, -0.15) is 10.1 Å². The fraction of sp³-hybridized carbons (Fsp3) is 0.316. The Hall–Kier alpha value is -2.96. The maximum Gasteiger partial charge on any atom is 0.222 e. The molecule has 0 bridgehead atoms. The summed E-state index contributed by atoms with van der Waals surface area (Å²) in [6, 6.07) is 8.41. The van der Waals surface area contributed by atoms with E-state index in [1.165, 1.54) is 12.1 Å². The van der Waals surface area contributed by atoms with Crippen molar-refractivity contribution in [3.63, 3.8) is 0 Å². The van der Waals surface area contributed by atoms with Crippen LogP contribution in [0.3, 0.4) is 0 Å². The van der Waals surface area contributed by atoms with Gasteiger partial charge < -0.3 is 11.1 Å². The first-order valence-corrected chi connectivity index (χ1v) is 8.54. The van der Waals surface area contributed by atoms with E-state index in [1.807, 2.05) is 23.9 Å². The molecule has 0 aliphatic carbocycles. The molecule has 7 heteroatoms. The molecule has 0 unspecified atom stereocenters. The Bertz CT molecular complexity index is 885. The number of nitrogens with two attached hydrogens (primary N) is 1. The van der Waals surface area contributed by atoms with Gasteiger partial charge in [-0.05, 0) is 24.6 Å². The van der Waals surface area contributed by atoms with Gasteiger partial charge in [0.05, 0.1) is 11.9 Å². The predicted molar refractivity (Wildman–Crippen MR) is 101 cm³/mol. The Balaban J connectivity index is 1.78. The molecule has 3 N–H and O–H groups in total. The molecule has 3 rings (SSSR count). The van der Waals surface area contributed by atoms with Gasteiger partial charge in [-0.1, -0.05) is 26.0 Å². The fourth-order valence-electron chi connectivity index (χ4n) is 2.69. The first-order valence-electron chi connectivity index (χ1n) is 8.54. The van der Waals surface area contributed by atoms with Crippen molar-refractivity contribution in [2.24, 2.45) is 0 Å². The van der Waals surface area contributed by atoms with E-state index in [-0.39, 0.29) is 17.2 Å². The molecule has 6 nitrogen and oxygen atoms in total. The molecule has 0 fully saturated rings. The zero-order valence-electron chi connectivity index (χ0n) is 15.2. The van der Waals surface area contributed by atoms with E-state index in [0.717, 1.165) is 23.4 Å². The van der Waals surface area contributed by atoms with E-state index in [1.54, 1.807) is 18.3 Å². The first-order chi connectivity index (χ1) is 12.4. The second kappa shape index (κ2) is 7.11. The number of aromatic nitrogens is 4. The average Bonchev–Trinajstić information content (AvgIpc) is 3.09. The van der Waals surface area contributed by atoms with Crippen LogP contribution in [0.25, 0.3) is 11.3 Å². The molecule has 0 aliphatic heterocycles. The summed E-state index contributed by atoms with van der Waals surface area (Å²) in [6.07, 6.45) is 3.69. The third-order valence-corrected chi connectivity index (χ3v) is 4.33. The maximum absolute atomic E-state index is 13.1. The highest BCUT2D eigenvalue weighted by atomic mass is 19.1. The van der Waals surface area contributed by atoms with Crippen LogP contribution in [0.2, 0.25) is 0 Å². The summed E-state index contributed by atoms with van der Waals surface area (Å²) < 4.78 is 15.0. The minimum absolute atomic E-state index is 0.203. The molecule has 0 radical (unpaired) electrons. The van der Waals surface area contributed by atoms with E-state index >= 15 is 0 Å². The van der Waals surface area contributed by atoms with Gasteiger partial charge in [0.15, 0.2) is 0 Å². The second-order valence-electron chi connectivity index (χ2n) is 6.83. The van der Waals surface area contributed by atoms with Crippen molar-refractivity contribution in [3.8, 4) is 11.3 Å². The quantitative estimate of drug-likeness (QED) is 0.708. The summed E-state index contributed by atoms with van der Waals surface area (Å²) in [5, 5.41) is 7.58. The highest BCUT2D eigenvalue weighted by molar-refractivity contribution is 5.62. The number of nitrogens with one attached hydrogen (secondary N) is 1. The number of rotatable bonds is 6. The Morgan fingerprint density at radius 1 is 1.19 bits per heavy atom. The smallest absolute Gasteiger partial charge is 0.222 e. The molecule has 0 amide bonds. The normalized spacial score (nSPS) is 11.5. The topological polar surface area (TPSA) is 81.7 Å². The molecular weight excluding hydrogens is 331 g/mol. The molecule has 1 aromatic carbocycles. The SMILES string of the molecule is CCn1cc(-c2cc(NCC(C)(C)c3ccc(F)cc3)nc(N)n2)cn1. The van der Waals surface area contributed by atoms with Crippen LogP contribution in [0.1, 0.15) is 26.3 Å². The van der Waals surface area contributed by atoms with Gasteiger partial charge in [-0.3, -0.25) is 4.68 Å². The first kappa shape index (κ1) is 17.8. The van der Waals surface area contributed by atoms with Crippen molar-refractivity contribution in [2.75, 3.05) is 17.6 Å². The van der Waals surface area contributed by atoms with Crippen LogP contribution in [0.15, 0.2) is 42.7 Å². The lowest BCUT2D eigenvalue weighted by molar-refractivity contribution is 0.552. The van der Waals surface area contributed by atoms with Gasteiger partial charge in [0, 0.05) is 36.3 Å². The van der Waals surface area contributed by atoms with Gasteiger partial charge in [-0.25, -0.2) is 9.37 Å². The van der Waals surface area contributed by atoms with E-state index < -0.39 is 0 Å². The molecule has 0 saturated carbocycles. The number of aryl methyl sites for hydroxylation is 1. The third kappa shape index (κ3) is 3.99. The van der Waals surface area contributed by atoms with E-state index in [9.17, 15) is 4.39 Å². The van der Waals surface area contributed by atoms with Crippen LogP contribution in [0.4, 0.5) is 16.2 Å². The summed E-state index contributed by atoms with van der Waals surface area (Å²) in [5.41, 5.74) is 8.32. The summed E-state index contributed by atoms with van der Waals surface area (Å²) in [6.45, 7) is 7.60. The summed E-state index contributed by atoms with van der Waals surface area (Å²) >= 11 is 0. The fourth-order valence-corrected chi connectivity index (χ4v) is 2.69. The maximum atomic E-state index is 13.1. The lowest BCUT2D eigenvalue weighted by Crippen LogP contribution is -2.28. The number of anilines is 2. The van der Waals surface area contributed by atoms with Crippen LogP contribution >= 0.6 is 0 Å². The van der Waals surface area contributed by atoms with Gasteiger partial charge >= 0.3 is 0 Å². The van der Waals surface area contributed by atoms with Crippen LogP contribution in [0.5, 0.6) is 0 Å². The second-order valence-corrected chi connectivity index (χ2v) is 6.83. The average molecular weight is 354 g/mol. The minimum atomic E-state index is -0.238. The summed E-state index contributed by atoms with van der Waals surface area (Å²) in [4.78, 5) is 8.56. The molecule has 2 aromatic heterocycles. The molecule has 3 aromatic rings. The number of hydrogen-bond acceptors (Lipinski definition) is 5. The van der Waals surface area contributed by atoms with Crippen LogP contribution < -0.4 is 11.1 Å². The number of hydrogen-bond donors (Lipinski definition) is 2. The van der Waals surface area contributed by atoms with Gasteiger partial charge in [0.25, 0.3) is 0 Å². The molecule has 26 heavy (non-hydrogen) atoms. The van der Waals surface area contributed by atoms with Gasteiger partial charge in [-0.15, -0.1) is 0 Å². The number of nitrogen functional groups attached to an aromatic ring is 1.